The zero-order chi connectivity index (χ0) is 15.4. The lowest BCUT2D eigenvalue weighted by molar-refractivity contribution is -0.131. The topological polar surface area (TPSA) is 32.3 Å². The quantitative estimate of drug-likeness (QED) is 0.926. The van der Waals surface area contributed by atoms with Gasteiger partial charge in [0.05, 0.1) is 6.04 Å². The Bertz CT molecular complexity index is 507. The molecule has 0 saturated carbocycles. The van der Waals surface area contributed by atoms with E-state index in [4.69, 9.17) is 0 Å². The smallest absolute Gasteiger partial charge is 0.222 e. The summed E-state index contributed by atoms with van der Waals surface area (Å²) < 4.78 is 27.3. The van der Waals surface area contributed by atoms with Crippen LogP contribution in [0.25, 0.3) is 0 Å². The molecule has 1 aliphatic rings. The summed E-state index contributed by atoms with van der Waals surface area (Å²) in [6, 6.07) is 3.75. The van der Waals surface area contributed by atoms with Gasteiger partial charge in [-0.1, -0.05) is 19.1 Å². The van der Waals surface area contributed by atoms with Crippen LogP contribution in [0.2, 0.25) is 0 Å². The van der Waals surface area contributed by atoms with E-state index in [1.165, 1.54) is 6.07 Å². The second-order valence-corrected chi connectivity index (χ2v) is 5.76. The predicted molar refractivity (Wildman–Crippen MR) is 77.8 cm³/mol. The number of amides is 1. The summed E-state index contributed by atoms with van der Waals surface area (Å²) >= 11 is 0. The molecule has 5 heteroatoms. The molecule has 116 valence electrons. The lowest BCUT2D eigenvalue weighted by atomic mass is 10.0. The molecule has 1 saturated heterocycles. The molecule has 1 N–H and O–H groups in total. The highest BCUT2D eigenvalue weighted by atomic mass is 19.2. The average molecular weight is 296 g/mol. The molecule has 0 spiro atoms. The van der Waals surface area contributed by atoms with Gasteiger partial charge in [-0.25, -0.2) is 8.78 Å². The molecule has 1 fully saturated rings. The molecule has 21 heavy (non-hydrogen) atoms. The van der Waals surface area contributed by atoms with Gasteiger partial charge >= 0.3 is 0 Å². The van der Waals surface area contributed by atoms with Crippen LogP contribution in [0.1, 0.15) is 37.8 Å². The van der Waals surface area contributed by atoms with Crippen molar-refractivity contribution >= 4 is 5.91 Å². The normalized spacial score (nSPS) is 21.2. The van der Waals surface area contributed by atoms with E-state index in [9.17, 15) is 13.6 Å². The number of nitrogens with zero attached hydrogens (tertiary/aromatic N) is 1. The monoisotopic (exact) mass is 296 g/mol. The van der Waals surface area contributed by atoms with Crippen molar-refractivity contribution < 1.29 is 13.6 Å². The molecule has 0 bridgehead atoms. The molecule has 2 rings (SSSR count). The fraction of sp³-hybridized carbons (Fsp3) is 0.562. The van der Waals surface area contributed by atoms with Crippen molar-refractivity contribution in [3.8, 4) is 0 Å². The van der Waals surface area contributed by atoms with Crippen molar-refractivity contribution in [3.63, 3.8) is 0 Å². The number of likely N-dealkylation sites (tertiary alicyclic amines) is 1. The first kappa shape index (κ1) is 15.9. The SMILES string of the molecule is CNC(CN1CCC(C)CCC1=O)c1cccc(F)c1F. The fourth-order valence-corrected chi connectivity index (χ4v) is 2.72. The fourth-order valence-electron chi connectivity index (χ4n) is 2.72. The van der Waals surface area contributed by atoms with Crippen LogP contribution in [-0.2, 0) is 4.79 Å². The summed E-state index contributed by atoms with van der Waals surface area (Å²) in [5.41, 5.74) is 0.266. The van der Waals surface area contributed by atoms with E-state index in [-0.39, 0.29) is 11.5 Å². The van der Waals surface area contributed by atoms with Crippen molar-refractivity contribution in [2.24, 2.45) is 5.92 Å². The van der Waals surface area contributed by atoms with E-state index in [0.717, 1.165) is 18.9 Å². The van der Waals surface area contributed by atoms with E-state index in [1.54, 1.807) is 18.0 Å². The molecule has 1 amide bonds. The number of hydrogen-bond donors (Lipinski definition) is 1. The molecule has 3 nitrogen and oxygen atoms in total. The highest BCUT2D eigenvalue weighted by molar-refractivity contribution is 5.76. The van der Waals surface area contributed by atoms with Crippen LogP contribution in [0.15, 0.2) is 18.2 Å². The van der Waals surface area contributed by atoms with Gasteiger partial charge in [0.1, 0.15) is 0 Å². The van der Waals surface area contributed by atoms with E-state index in [0.29, 0.717) is 25.4 Å². The molecule has 2 atom stereocenters. The van der Waals surface area contributed by atoms with Gasteiger partial charge in [0, 0.05) is 25.1 Å². The van der Waals surface area contributed by atoms with Gasteiger partial charge in [0.25, 0.3) is 0 Å². The predicted octanol–water partition coefficient (Wildman–Crippen LogP) is 2.87. The number of nitrogens with one attached hydrogen (secondary N) is 1. The highest BCUT2D eigenvalue weighted by Gasteiger charge is 2.25. The summed E-state index contributed by atoms with van der Waals surface area (Å²) in [5, 5.41) is 2.99. The molecule has 1 aromatic carbocycles. The maximum atomic E-state index is 13.9. The molecule has 1 aliphatic heterocycles. The maximum absolute atomic E-state index is 13.9. The molecule has 1 heterocycles. The van der Waals surface area contributed by atoms with Gasteiger partial charge in [-0.3, -0.25) is 4.79 Å². The van der Waals surface area contributed by atoms with Crippen LogP contribution in [0.4, 0.5) is 8.78 Å². The zero-order valence-corrected chi connectivity index (χ0v) is 12.5. The van der Waals surface area contributed by atoms with Gasteiger partial charge in [-0.05, 0) is 31.9 Å². The van der Waals surface area contributed by atoms with Crippen LogP contribution in [-0.4, -0.2) is 30.9 Å². The lowest BCUT2D eigenvalue weighted by Gasteiger charge is -2.27. The first-order valence-electron chi connectivity index (χ1n) is 7.42. The van der Waals surface area contributed by atoms with Crippen molar-refractivity contribution in [1.29, 1.82) is 0 Å². The number of carbonyl (C=O) groups is 1. The van der Waals surface area contributed by atoms with E-state index in [2.05, 4.69) is 12.2 Å². The Labute approximate surface area is 124 Å². The van der Waals surface area contributed by atoms with Crippen LogP contribution in [0.3, 0.4) is 0 Å². The van der Waals surface area contributed by atoms with Gasteiger partial charge in [0.15, 0.2) is 11.6 Å². The summed E-state index contributed by atoms with van der Waals surface area (Å²) in [7, 11) is 1.69. The van der Waals surface area contributed by atoms with Crippen molar-refractivity contribution in [2.45, 2.75) is 32.2 Å². The van der Waals surface area contributed by atoms with Gasteiger partial charge < -0.3 is 10.2 Å². The molecule has 2 unspecified atom stereocenters. The Morgan fingerprint density at radius 2 is 2.14 bits per heavy atom. The Hall–Kier alpha value is -1.49. The molecular formula is C16H22F2N2O. The number of rotatable bonds is 4. The Kier molecular flexibility index (Phi) is 5.28. The lowest BCUT2D eigenvalue weighted by Crippen LogP contribution is -2.38. The first-order chi connectivity index (χ1) is 10.0. The van der Waals surface area contributed by atoms with Crippen molar-refractivity contribution in [3.05, 3.63) is 35.4 Å². The number of likely N-dealkylation sites (N-methyl/N-ethyl adjacent to an activating group) is 1. The van der Waals surface area contributed by atoms with Crippen molar-refractivity contribution in [2.75, 3.05) is 20.1 Å². The van der Waals surface area contributed by atoms with Crippen LogP contribution in [0, 0.1) is 17.6 Å². The molecule has 0 aromatic heterocycles. The molecule has 1 aromatic rings. The van der Waals surface area contributed by atoms with Crippen LogP contribution in [0.5, 0.6) is 0 Å². The largest absolute Gasteiger partial charge is 0.341 e. The summed E-state index contributed by atoms with van der Waals surface area (Å²) in [6.07, 6.45) is 2.38. The summed E-state index contributed by atoms with van der Waals surface area (Å²) in [5.74, 6) is -1.08. The minimum Gasteiger partial charge on any atom is -0.341 e. The summed E-state index contributed by atoms with van der Waals surface area (Å²) in [6.45, 7) is 3.18. The minimum atomic E-state index is -0.858. The Morgan fingerprint density at radius 3 is 2.86 bits per heavy atom. The van der Waals surface area contributed by atoms with E-state index >= 15 is 0 Å². The second kappa shape index (κ2) is 6.98. The second-order valence-electron chi connectivity index (χ2n) is 5.76. The van der Waals surface area contributed by atoms with E-state index < -0.39 is 17.7 Å². The number of halogens is 2. The van der Waals surface area contributed by atoms with Crippen LogP contribution >= 0.6 is 0 Å². The highest BCUT2D eigenvalue weighted by Crippen LogP contribution is 2.23. The minimum absolute atomic E-state index is 0.0939. The Balaban J connectivity index is 2.14. The molecular weight excluding hydrogens is 274 g/mol. The standard InChI is InChI=1S/C16H22F2N2O/c1-11-6-7-15(21)20(9-8-11)10-14(19-2)12-4-3-5-13(17)16(12)18/h3-5,11,14,19H,6-10H2,1-2H3. The van der Waals surface area contributed by atoms with Crippen LogP contribution < -0.4 is 5.32 Å². The number of benzene rings is 1. The van der Waals surface area contributed by atoms with Crippen molar-refractivity contribution in [1.82, 2.24) is 10.2 Å². The number of carbonyl (C=O) groups excluding carboxylic acids is 1. The molecule has 0 aliphatic carbocycles. The zero-order valence-electron chi connectivity index (χ0n) is 12.5. The average Bonchev–Trinajstić information content (AvgIpc) is 2.63. The third-order valence-electron chi connectivity index (χ3n) is 4.20. The maximum Gasteiger partial charge on any atom is 0.222 e. The van der Waals surface area contributed by atoms with Gasteiger partial charge in [-0.15, -0.1) is 0 Å². The molecule has 0 radical (unpaired) electrons. The van der Waals surface area contributed by atoms with Gasteiger partial charge in [0.2, 0.25) is 5.91 Å². The van der Waals surface area contributed by atoms with Gasteiger partial charge in [-0.2, -0.15) is 0 Å². The third-order valence-corrected chi connectivity index (χ3v) is 4.20. The Morgan fingerprint density at radius 1 is 1.38 bits per heavy atom. The first-order valence-corrected chi connectivity index (χ1v) is 7.42. The third kappa shape index (κ3) is 3.79. The number of hydrogen-bond acceptors (Lipinski definition) is 2. The van der Waals surface area contributed by atoms with E-state index in [1.807, 2.05) is 0 Å². The summed E-state index contributed by atoms with van der Waals surface area (Å²) in [4.78, 5) is 13.9.